The van der Waals surface area contributed by atoms with Crippen LogP contribution >= 0.6 is 23.1 Å². The van der Waals surface area contributed by atoms with Crippen molar-refractivity contribution in [3.8, 4) is 0 Å². The number of fused-ring (bicyclic) bond motifs is 1. The number of benzene rings is 1. The number of nitrogen functional groups attached to an aromatic ring is 1. The molecular formula is C14H16N6S2. The molecule has 6 nitrogen and oxygen atoms in total. The van der Waals surface area contributed by atoms with Gasteiger partial charge in [-0.1, -0.05) is 23.9 Å². The number of thiazole rings is 1. The minimum Gasteiger partial charge on any atom is -0.368 e. The van der Waals surface area contributed by atoms with Crippen molar-refractivity contribution in [3.05, 3.63) is 30.1 Å². The molecule has 0 saturated heterocycles. The Labute approximate surface area is 136 Å². The van der Waals surface area contributed by atoms with Crippen LogP contribution in [0.3, 0.4) is 0 Å². The number of nitrogens with zero attached hydrogens (tertiary/aromatic N) is 5. The lowest BCUT2D eigenvalue weighted by Gasteiger charge is -2.13. The number of hydrogen-bond donors (Lipinski definition) is 1. The zero-order valence-electron chi connectivity index (χ0n) is 12.5. The largest absolute Gasteiger partial charge is 0.368 e. The van der Waals surface area contributed by atoms with Crippen LogP contribution in [-0.4, -0.2) is 34.0 Å². The first-order valence-electron chi connectivity index (χ1n) is 6.74. The van der Waals surface area contributed by atoms with Gasteiger partial charge in [-0.25, -0.2) is 4.98 Å². The zero-order chi connectivity index (χ0) is 15.7. The molecule has 1 atom stereocenters. The van der Waals surface area contributed by atoms with Crippen LogP contribution in [0.5, 0.6) is 0 Å². The van der Waals surface area contributed by atoms with E-state index in [1.165, 1.54) is 4.70 Å². The van der Waals surface area contributed by atoms with E-state index in [0.717, 1.165) is 9.86 Å². The number of rotatable bonds is 4. The highest BCUT2D eigenvalue weighted by Crippen LogP contribution is 2.37. The van der Waals surface area contributed by atoms with Crippen molar-refractivity contribution in [2.24, 2.45) is 0 Å². The molecular weight excluding hydrogens is 316 g/mol. The zero-order valence-corrected chi connectivity index (χ0v) is 14.1. The molecule has 0 radical (unpaired) electrons. The number of nitrogens with two attached hydrogens (primary N) is 1. The Kier molecular flexibility index (Phi) is 4.12. The standard InChI is InChI=1S/C14H16N6S2/c1-8(11-17-12(15)19-13(18-11)20(2)3)21-14-16-9-6-4-5-7-10(9)22-14/h4-8H,1-3H3,(H2,15,17,18,19). The van der Waals surface area contributed by atoms with Gasteiger partial charge < -0.3 is 10.6 Å². The minimum absolute atomic E-state index is 0.0459. The second-order valence-electron chi connectivity index (χ2n) is 4.95. The van der Waals surface area contributed by atoms with E-state index in [2.05, 4.69) is 26.0 Å². The molecule has 0 bridgehead atoms. The van der Waals surface area contributed by atoms with Crippen LogP contribution in [0.4, 0.5) is 11.9 Å². The fraction of sp³-hybridized carbons (Fsp3) is 0.286. The molecule has 114 valence electrons. The third-order valence-corrected chi connectivity index (χ3v) is 5.20. The number of para-hydroxylation sites is 1. The van der Waals surface area contributed by atoms with E-state index in [-0.39, 0.29) is 11.2 Å². The van der Waals surface area contributed by atoms with Crippen LogP contribution in [0.2, 0.25) is 0 Å². The summed E-state index contributed by atoms with van der Waals surface area (Å²) in [6.45, 7) is 2.05. The van der Waals surface area contributed by atoms with Crippen LogP contribution < -0.4 is 10.6 Å². The van der Waals surface area contributed by atoms with E-state index < -0.39 is 0 Å². The Balaban J connectivity index is 1.86. The van der Waals surface area contributed by atoms with Crippen LogP contribution in [0.1, 0.15) is 18.0 Å². The molecule has 8 heteroatoms. The summed E-state index contributed by atoms with van der Waals surface area (Å²) in [4.78, 5) is 19.3. The van der Waals surface area contributed by atoms with Crippen LogP contribution in [0.25, 0.3) is 10.2 Å². The van der Waals surface area contributed by atoms with Gasteiger partial charge in [0.25, 0.3) is 0 Å². The quantitative estimate of drug-likeness (QED) is 0.736. The maximum absolute atomic E-state index is 5.78. The van der Waals surface area contributed by atoms with E-state index in [9.17, 15) is 0 Å². The summed E-state index contributed by atoms with van der Waals surface area (Å²) in [6.07, 6.45) is 0. The normalized spacial score (nSPS) is 12.5. The Hall–Kier alpha value is -1.93. The van der Waals surface area contributed by atoms with Crippen molar-refractivity contribution in [2.45, 2.75) is 16.5 Å². The SMILES string of the molecule is CC(Sc1nc2ccccc2s1)c1nc(N)nc(N(C)C)n1. The predicted octanol–water partition coefficient (Wildman–Crippen LogP) is 2.98. The first-order valence-corrected chi connectivity index (χ1v) is 8.43. The lowest BCUT2D eigenvalue weighted by molar-refractivity contribution is 0.864. The molecule has 0 aliphatic rings. The average molecular weight is 332 g/mol. The molecule has 0 spiro atoms. The Morgan fingerprint density at radius 2 is 1.91 bits per heavy atom. The summed E-state index contributed by atoms with van der Waals surface area (Å²) in [5.74, 6) is 1.48. The molecule has 1 unspecified atom stereocenters. The topological polar surface area (TPSA) is 80.8 Å². The predicted molar refractivity (Wildman–Crippen MR) is 92.5 cm³/mol. The molecule has 2 N–H and O–H groups in total. The maximum Gasteiger partial charge on any atom is 0.229 e. The third-order valence-electron chi connectivity index (χ3n) is 2.97. The van der Waals surface area contributed by atoms with Crippen molar-refractivity contribution in [1.29, 1.82) is 0 Å². The van der Waals surface area contributed by atoms with Gasteiger partial charge in [-0.3, -0.25) is 0 Å². The molecule has 0 fully saturated rings. The van der Waals surface area contributed by atoms with Gasteiger partial charge in [-0.05, 0) is 19.1 Å². The number of thioether (sulfide) groups is 1. The molecule has 0 amide bonds. The van der Waals surface area contributed by atoms with Gasteiger partial charge in [0.2, 0.25) is 11.9 Å². The van der Waals surface area contributed by atoms with Gasteiger partial charge in [0.1, 0.15) is 5.82 Å². The fourth-order valence-electron chi connectivity index (χ4n) is 1.88. The van der Waals surface area contributed by atoms with Gasteiger partial charge in [0.15, 0.2) is 4.34 Å². The Morgan fingerprint density at radius 1 is 1.14 bits per heavy atom. The molecule has 2 aromatic heterocycles. The van der Waals surface area contributed by atoms with Crippen LogP contribution in [0, 0.1) is 0 Å². The van der Waals surface area contributed by atoms with Crippen molar-refractivity contribution < 1.29 is 0 Å². The fourth-order valence-corrected chi connectivity index (χ4v) is 4.14. The maximum atomic E-state index is 5.78. The molecule has 1 aromatic carbocycles. The van der Waals surface area contributed by atoms with Crippen LogP contribution in [-0.2, 0) is 0 Å². The summed E-state index contributed by atoms with van der Waals surface area (Å²) >= 11 is 3.31. The lowest BCUT2D eigenvalue weighted by atomic mass is 10.3. The van der Waals surface area contributed by atoms with Gasteiger partial charge in [-0.2, -0.15) is 15.0 Å². The van der Waals surface area contributed by atoms with Gasteiger partial charge in [0, 0.05) is 14.1 Å². The number of aromatic nitrogens is 4. The summed E-state index contributed by atoms with van der Waals surface area (Å²) in [7, 11) is 3.76. The lowest BCUT2D eigenvalue weighted by Crippen LogP contribution is -2.16. The van der Waals surface area contributed by atoms with E-state index in [4.69, 9.17) is 5.73 Å². The monoisotopic (exact) mass is 332 g/mol. The summed E-state index contributed by atoms with van der Waals surface area (Å²) in [6, 6.07) is 8.11. The first-order chi connectivity index (χ1) is 10.5. The van der Waals surface area contributed by atoms with Gasteiger partial charge in [-0.15, -0.1) is 11.3 Å². The van der Waals surface area contributed by atoms with Crippen molar-refractivity contribution in [3.63, 3.8) is 0 Å². The smallest absolute Gasteiger partial charge is 0.229 e. The Morgan fingerprint density at radius 3 is 2.64 bits per heavy atom. The average Bonchev–Trinajstić information content (AvgIpc) is 2.88. The minimum atomic E-state index is 0.0459. The molecule has 3 rings (SSSR count). The van der Waals surface area contributed by atoms with E-state index in [1.54, 1.807) is 23.1 Å². The molecule has 0 aliphatic heterocycles. The Bertz CT molecular complexity index is 768. The van der Waals surface area contributed by atoms with Crippen molar-refractivity contribution >= 4 is 45.2 Å². The van der Waals surface area contributed by atoms with Crippen molar-refractivity contribution in [2.75, 3.05) is 24.7 Å². The van der Waals surface area contributed by atoms with E-state index >= 15 is 0 Å². The highest BCUT2D eigenvalue weighted by molar-refractivity contribution is 8.01. The second-order valence-corrected chi connectivity index (χ2v) is 7.57. The highest BCUT2D eigenvalue weighted by Gasteiger charge is 2.16. The number of anilines is 2. The highest BCUT2D eigenvalue weighted by atomic mass is 32.2. The molecule has 0 aliphatic carbocycles. The van der Waals surface area contributed by atoms with E-state index in [1.807, 2.05) is 44.1 Å². The number of hydrogen-bond acceptors (Lipinski definition) is 8. The van der Waals surface area contributed by atoms with Crippen molar-refractivity contribution in [1.82, 2.24) is 19.9 Å². The first kappa shape index (κ1) is 15.0. The third kappa shape index (κ3) is 3.12. The molecule has 0 saturated carbocycles. The molecule has 2 heterocycles. The van der Waals surface area contributed by atoms with Gasteiger partial charge in [0.05, 0.1) is 15.5 Å². The second kappa shape index (κ2) is 6.05. The summed E-state index contributed by atoms with van der Waals surface area (Å²) < 4.78 is 2.18. The molecule has 3 aromatic rings. The van der Waals surface area contributed by atoms with Gasteiger partial charge >= 0.3 is 0 Å². The van der Waals surface area contributed by atoms with E-state index in [0.29, 0.717) is 11.8 Å². The molecule has 22 heavy (non-hydrogen) atoms. The summed E-state index contributed by atoms with van der Waals surface area (Å²) in [5.41, 5.74) is 6.80. The van der Waals surface area contributed by atoms with Crippen LogP contribution in [0.15, 0.2) is 28.6 Å². The summed E-state index contributed by atoms with van der Waals surface area (Å²) in [5, 5.41) is 0.0459.